The first-order valence-electron chi connectivity index (χ1n) is 8.11. The van der Waals surface area contributed by atoms with Gasteiger partial charge in [-0.1, -0.05) is 62.5 Å². The molecule has 27 heavy (non-hydrogen) atoms. The Hall–Kier alpha value is -3.16. The lowest BCUT2D eigenvalue weighted by atomic mass is 9.51. The van der Waals surface area contributed by atoms with Crippen molar-refractivity contribution in [1.29, 1.82) is 0 Å². The van der Waals surface area contributed by atoms with Crippen LogP contribution < -0.4 is 0 Å². The van der Waals surface area contributed by atoms with Gasteiger partial charge in [-0.2, -0.15) is 0 Å². The third kappa shape index (κ3) is 2.68. The minimum Gasteiger partial charge on any atom is -0.480 e. The van der Waals surface area contributed by atoms with Gasteiger partial charge in [0.1, 0.15) is 0 Å². The average molecular weight is 376 g/mol. The molecule has 8 nitrogen and oxygen atoms in total. The molecule has 0 aliphatic heterocycles. The average Bonchev–Trinajstić information content (AvgIpc) is 2.60. The summed E-state index contributed by atoms with van der Waals surface area (Å²) in [7, 11) is 0. The Kier molecular flexibility index (Phi) is 4.88. The maximum atomic E-state index is 12.0. The van der Waals surface area contributed by atoms with Crippen molar-refractivity contribution in [2.24, 2.45) is 28.1 Å². The number of carboxylic acids is 4. The van der Waals surface area contributed by atoms with Crippen LogP contribution in [0.15, 0.2) is 48.6 Å². The highest BCUT2D eigenvalue weighted by Crippen LogP contribution is 2.55. The van der Waals surface area contributed by atoms with Gasteiger partial charge in [0.15, 0.2) is 10.8 Å². The van der Waals surface area contributed by atoms with Gasteiger partial charge < -0.3 is 20.4 Å². The maximum Gasteiger partial charge on any atom is 0.325 e. The summed E-state index contributed by atoms with van der Waals surface area (Å²) in [6.45, 7) is 2.97. The summed E-state index contributed by atoms with van der Waals surface area (Å²) >= 11 is 0. The van der Waals surface area contributed by atoms with Gasteiger partial charge in [-0.25, -0.2) is 0 Å². The Morgan fingerprint density at radius 2 is 0.963 bits per heavy atom. The van der Waals surface area contributed by atoms with E-state index in [0.29, 0.717) is 0 Å². The van der Waals surface area contributed by atoms with Crippen molar-refractivity contribution in [3.8, 4) is 0 Å². The van der Waals surface area contributed by atoms with E-state index in [-0.39, 0.29) is 0 Å². The van der Waals surface area contributed by atoms with E-state index in [1.807, 2.05) is 0 Å². The Balaban J connectivity index is 2.71. The molecule has 144 valence electrons. The van der Waals surface area contributed by atoms with Crippen LogP contribution in [-0.4, -0.2) is 44.3 Å². The zero-order valence-electron chi connectivity index (χ0n) is 14.7. The van der Waals surface area contributed by atoms with E-state index < -0.39 is 52.0 Å². The van der Waals surface area contributed by atoms with E-state index in [2.05, 4.69) is 0 Å². The first kappa shape index (κ1) is 20.2. The quantitative estimate of drug-likeness (QED) is 0.513. The van der Waals surface area contributed by atoms with E-state index in [1.165, 1.54) is 50.3 Å². The molecule has 0 amide bonds. The highest BCUT2D eigenvalue weighted by molar-refractivity contribution is 6.03. The number of rotatable bonds is 6. The summed E-state index contributed by atoms with van der Waals surface area (Å²) in [6.07, 6.45) is 10.4. The van der Waals surface area contributed by atoms with Gasteiger partial charge in [0, 0.05) is 11.8 Å². The van der Waals surface area contributed by atoms with Crippen molar-refractivity contribution in [1.82, 2.24) is 0 Å². The molecular weight excluding hydrogens is 356 g/mol. The van der Waals surface area contributed by atoms with E-state index in [4.69, 9.17) is 0 Å². The fourth-order valence-electron chi connectivity index (χ4n) is 4.14. The molecule has 0 radical (unpaired) electrons. The molecule has 0 saturated carbocycles. The minimum atomic E-state index is -2.35. The van der Waals surface area contributed by atoms with Crippen LogP contribution >= 0.6 is 0 Å². The summed E-state index contributed by atoms with van der Waals surface area (Å²) < 4.78 is 0. The van der Waals surface area contributed by atoms with E-state index in [0.717, 1.165) is 12.2 Å². The summed E-state index contributed by atoms with van der Waals surface area (Å²) in [6, 6.07) is 0. The zero-order chi connectivity index (χ0) is 20.6. The van der Waals surface area contributed by atoms with Crippen LogP contribution in [0.5, 0.6) is 0 Å². The topological polar surface area (TPSA) is 149 Å². The SMILES string of the molecule is CC(C)(C1C=CC=CC1(C(=O)O)C(=O)O)C1C=CC=CC1(C(=O)O)C(=O)O. The van der Waals surface area contributed by atoms with Crippen LogP contribution in [0.4, 0.5) is 0 Å². The summed E-state index contributed by atoms with van der Waals surface area (Å²) in [5, 5.41) is 38.8. The van der Waals surface area contributed by atoms with Gasteiger partial charge in [0.25, 0.3) is 0 Å². The van der Waals surface area contributed by atoms with Crippen LogP contribution in [0.3, 0.4) is 0 Å². The van der Waals surface area contributed by atoms with Gasteiger partial charge in [0.2, 0.25) is 0 Å². The zero-order valence-corrected chi connectivity index (χ0v) is 14.7. The standard InChI is InChI=1S/C19H20O8/c1-17(2,11-7-3-5-9-18(11,13(20)21)14(22)23)12-8-4-6-10-19(12,15(24)25)16(26)27/h3-12H,1-2H3,(H,20,21)(H,22,23)(H,24,25)(H,26,27). The second-order valence-corrected chi connectivity index (χ2v) is 7.22. The molecule has 0 aromatic carbocycles. The van der Waals surface area contributed by atoms with Crippen LogP contribution in [-0.2, 0) is 19.2 Å². The Labute approximate surface area is 154 Å². The lowest BCUT2D eigenvalue weighted by molar-refractivity contribution is -0.171. The molecule has 0 spiro atoms. The Morgan fingerprint density at radius 3 is 1.22 bits per heavy atom. The molecule has 2 unspecified atom stereocenters. The second kappa shape index (κ2) is 6.53. The molecule has 0 saturated heterocycles. The molecule has 4 N–H and O–H groups in total. The number of hydrogen-bond acceptors (Lipinski definition) is 4. The number of carboxylic acid groups (broad SMARTS) is 4. The molecule has 2 atom stereocenters. The maximum absolute atomic E-state index is 12.0. The molecule has 2 aliphatic rings. The van der Waals surface area contributed by atoms with Crippen molar-refractivity contribution in [2.45, 2.75) is 13.8 Å². The monoisotopic (exact) mass is 376 g/mol. The largest absolute Gasteiger partial charge is 0.480 e. The van der Waals surface area contributed by atoms with E-state index in [1.54, 1.807) is 0 Å². The second-order valence-electron chi connectivity index (χ2n) is 7.22. The number of carbonyl (C=O) groups is 4. The number of hydrogen-bond donors (Lipinski definition) is 4. The lowest BCUT2D eigenvalue weighted by Gasteiger charge is -2.49. The highest BCUT2D eigenvalue weighted by atomic mass is 16.4. The molecule has 0 aromatic heterocycles. The van der Waals surface area contributed by atoms with Crippen molar-refractivity contribution in [3.63, 3.8) is 0 Å². The van der Waals surface area contributed by atoms with Gasteiger partial charge in [-0.3, -0.25) is 19.2 Å². The van der Waals surface area contributed by atoms with Gasteiger partial charge in [-0.15, -0.1) is 0 Å². The smallest absolute Gasteiger partial charge is 0.325 e. The first-order chi connectivity index (χ1) is 12.5. The predicted octanol–water partition coefficient (Wildman–Crippen LogP) is 1.81. The summed E-state index contributed by atoms with van der Waals surface area (Å²) in [5.74, 6) is -8.85. The molecule has 0 bridgehead atoms. The van der Waals surface area contributed by atoms with Crippen LogP contribution in [0.1, 0.15) is 13.8 Å². The van der Waals surface area contributed by atoms with E-state index in [9.17, 15) is 39.6 Å². The van der Waals surface area contributed by atoms with Crippen molar-refractivity contribution >= 4 is 23.9 Å². The molecular formula is C19H20O8. The van der Waals surface area contributed by atoms with Crippen LogP contribution in [0.25, 0.3) is 0 Å². The molecule has 8 heteroatoms. The Bertz CT molecular complexity index is 718. The van der Waals surface area contributed by atoms with Crippen molar-refractivity contribution in [2.75, 3.05) is 0 Å². The summed E-state index contributed by atoms with van der Waals surface area (Å²) in [5.41, 5.74) is -6.07. The van der Waals surface area contributed by atoms with Gasteiger partial charge in [0.05, 0.1) is 0 Å². The minimum absolute atomic E-state index is 1.04. The van der Waals surface area contributed by atoms with Crippen molar-refractivity contribution in [3.05, 3.63) is 48.6 Å². The molecule has 0 heterocycles. The third-order valence-corrected chi connectivity index (χ3v) is 5.55. The fourth-order valence-corrected chi connectivity index (χ4v) is 4.14. The van der Waals surface area contributed by atoms with Gasteiger partial charge >= 0.3 is 23.9 Å². The predicted molar refractivity (Wildman–Crippen MR) is 92.7 cm³/mol. The fraction of sp³-hybridized carbons (Fsp3) is 0.368. The Morgan fingerprint density at radius 1 is 0.667 bits per heavy atom. The number of aliphatic carboxylic acids is 4. The lowest BCUT2D eigenvalue weighted by Crippen LogP contribution is -2.57. The number of allylic oxidation sites excluding steroid dienone is 6. The molecule has 2 rings (SSSR count). The third-order valence-electron chi connectivity index (χ3n) is 5.55. The normalized spacial score (nSPS) is 25.1. The molecule has 0 aromatic rings. The first-order valence-corrected chi connectivity index (χ1v) is 8.11. The summed E-state index contributed by atoms with van der Waals surface area (Å²) in [4.78, 5) is 47.8. The van der Waals surface area contributed by atoms with Crippen LogP contribution in [0.2, 0.25) is 0 Å². The van der Waals surface area contributed by atoms with E-state index >= 15 is 0 Å². The van der Waals surface area contributed by atoms with Crippen LogP contribution in [0, 0.1) is 28.1 Å². The highest BCUT2D eigenvalue weighted by Gasteiger charge is 2.63. The molecule has 2 aliphatic carbocycles. The van der Waals surface area contributed by atoms with Crippen molar-refractivity contribution < 1.29 is 39.6 Å². The van der Waals surface area contributed by atoms with Gasteiger partial charge in [-0.05, 0) is 5.41 Å². The molecule has 0 fully saturated rings.